The molecule has 1 spiro atoms. The van der Waals surface area contributed by atoms with Gasteiger partial charge in [-0.15, -0.1) is 5.10 Å². The van der Waals surface area contributed by atoms with E-state index in [1.165, 1.54) is 24.1 Å². The molecule has 2 aliphatic heterocycles. The van der Waals surface area contributed by atoms with Gasteiger partial charge >= 0.3 is 0 Å². The van der Waals surface area contributed by atoms with Crippen LogP contribution in [0.4, 0.5) is 0 Å². The van der Waals surface area contributed by atoms with Gasteiger partial charge in [-0.3, -0.25) is 24.2 Å². The van der Waals surface area contributed by atoms with Crippen LogP contribution >= 0.6 is 0 Å². The summed E-state index contributed by atoms with van der Waals surface area (Å²) in [7, 11) is 0. The average molecular weight is 573 g/mol. The maximum atomic E-state index is 14.1. The summed E-state index contributed by atoms with van der Waals surface area (Å²) in [4.78, 5) is 42.5. The van der Waals surface area contributed by atoms with E-state index in [0.717, 1.165) is 29.8 Å². The van der Waals surface area contributed by atoms with Gasteiger partial charge in [-0.05, 0) is 56.1 Å². The molecule has 3 amide bonds. The molecule has 0 unspecified atom stereocenters. The number of aromatic nitrogens is 5. The molecule has 2 bridgehead atoms. The molecule has 6 rings (SSSR count). The number of carbonyl (C=O) groups excluding carboxylic acids is 3. The van der Waals surface area contributed by atoms with E-state index in [1.54, 1.807) is 4.68 Å². The molecule has 0 radical (unpaired) electrons. The van der Waals surface area contributed by atoms with E-state index < -0.39 is 11.5 Å². The Labute approximate surface area is 245 Å². The van der Waals surface area contributed by atoms with Gasteiger partial charge in [0.15, 0.2) is 0 Å². The molecule has 11 heteroatoms. The monoisotopic (exact) mass is 572 g/mol. The first-order chi connectivity index (χ1) is 20.5. The van der Waals surface area contributed by atoms with E-state index in [0.29, 0.717) is 71.1 Å². The molecule has 1 aliphatic carbocycles. The van der Waals surface area contributed by atoms with Crippen LogP contribution in [0.1, 0.15) is 66.7 Å². The SMILES string of the molecule is O=C1NCCCn2cc(nn2)CC2(CCN(C(=O)CCc3n[nH]c4c3CCCC4)CC2)C(=O)N[C@H]1Cc1ccccc1. The number of carbonyl (C=O) groups is 3. The van der Waals surface area contributed by atoms with Gasteiger partial charge < -0.3 is 15.5 Å². The van der Waals surface area contributed by atoms with Crippen molar-refractivity contribution in [3.05, 3.63) is 64.7 Å². The number of amides is 3. The minimum Gasteiger partial charge on any atom is -0.354 e. The summed E-state index contributed by atoms with van der Waals surface area (Å²) in [5.74, 6) is -0.259. The van der Waals surface area contributed by atoms with Crippen molar-refractivity contribution in [2.75, 3.05) is 19.6 Å². The van der Waals surface area contributed by atoms with E-state index in [2.05, 4.69) is 31.1 Å². The molecular formula is C31H40N8O3. The number of hydrogen-bond acceptors (Lipinski definition) is 6. The number of likely N-dealkylation sites (tertiary alicyclic amines) is 1. The summed E-state index contributed by atoms with van der Waals surface area (Å²) in [6, 6.07) is 9.06. The van der Waals surface area contributed by atoms with E-state index in [4.69, 9.17) is 0 Å². The van der Waals surface area contributed by atoms with Crippen LogP contribution in [0.15, 0.2) is 36.5 Å². The van der Waals surface area contributed by atoms with Crippen molar-refractivity contribution >= 4 is 17.7 Å². The molecule has 1 saturated heterocycles. The van der Waals surface area contributed by atoms with Crippen molar-refractivity contribution in [1.29, 1.82) is 0 Å². The molecule has 222 valence electrons. The molecule has 3 N–H and O–H groups in total. The number of hydrogen-bond donors (Lipinski definition) is 3. The Morgan fingerprint density at radius 1 is 1.02 bits per heavy atom. The summed E-state index contributed by atoms with van der Waals surface area (Å²) < 4.78 is 1.78. The third-order valence-electron chi connectivity index (χ3n) is 9.15. The van der Waals surface area contributed by atoms with Crippen molar-refractivity contribution in [2.45, 2.75) is 83.2 Å². The van der Waals surface area contributed by atoms with Crippen molar-refractivity contribution in [1.82, 2.24) is 40.7 Å². The zero-order valence-corrected chi connectivity index (χ0v) is 24.1. The predicted molar refractivity (Wildman–Crippen MR) is 155 cm³/mol. The third kappa shape index (κ3) is 6.24. The molecule has 1 fully saturated rings. The molecule has 1 atom stereocenters. The van der Waals surface area contributed by atoms with E-state index in [1.807, 2.05) is 41.4 Å². The highest BCUT2D eigenvalue weighted by Gasteiger charge is 2.44. The average Bonchev–Trinajstić information content (AvgIpc) is 3.64. The van der Waals surface area contributed by atoms with Gasteiger partial charge in [0.05, 0.1) is 16.8 Å². The van der Waals surface area contributed by atoms with Crippen LogP contribution in [0, 0.1) is 5.41 Å². The second-order valence-corrected chi connectivity index (χ2v) is 12.0. The number of piperidine rings is 1. The van der Waals surface area contributed by atoms with E-state index in [9.17, 15) is 14.4 Å². The van der Waals surface area contributed by atoms with Crippen LogP contribution in [0.25, 0.3) is 0 Å². The summed E-state index contributed by atoms with van der Waals surface area (Å²) >= 11 is 0. The van der Waals surface area contributed by atoms with Crippen LogP contribution in [0.3, 0.4) is 0 Å². The minimum absolute atomic E-state index is 0.0923. The number of fused-ring (bicyclic) bond motifs is 3. The van der Waals surface area contributed by atoms with Crippen molar-refractivity contribution < 1.29 is 14.4 Å². The maximum Gasteiger partial charge on any atom is 0.242 e. The summed E-state index contributed by atoms with van der Waals surface area (Å²) in [6.45, 7) is 2.08. The first-order valence-corrected chi connectivity index (χ1v) is 15.3. The van der Waals surface area contributed by atoms with Gasteiger partial charge in [0, 0.05) is 63.8 Å². The lowest BCUT2D eigenvalue weighted by Gasteiger charge is -2.41. The molecule has 4 heterocycles. The van der Waals surface area contributed by atoms with Crippen LogP contribution in [-0.2, 0) is 53.0 Å². The molecule has 3 aromatic rings. The number of nitrogens with zero attached hydrogens (tertiary/aromatic N) is 5. The molecule has 2 aromatic heterocycles. The lowest BCUT2D eigenvalue weighted by molar-refractivity contribution is -0.142. The van der Waals surface area contributed by atoms with Crippen LogP contribution in [-0.4, -0.2) is 73.5 Å². The van der Waals surface area contributed by atoms with Gasteiger partial charge in [-0.25, -0.2) is 0 Å². The maximum absolute atomic E-state index is 14.1. The Balaban J connectivity index is 1.16. The Morgan fingerprint density at radius 2 is 1.83 bits per heavy atom. The topological polar surface area (TPSA) is 138 Å². The normalized spacial score (nSPS) is 21.0. The van der Waals surface area contributed by atoms with Crippen molar-refractivity contribution in [2.24, 2.45) is 5.41 Å². The van der Waals surface area contributed by atoms with Gasteiger partial charge in [-0.2, -0.15) is 5.10 Å². The van der Waals surface area contributed by atoms with Gasteiger partial charge in [0.1, 0.15) is 6.04 Å². The van der Waals surface area contributed by atoms with Gasteiger partial charge in [0.25, 0.3) is 0 Å². The highest BCUT2D eigenvalue weighted by Crippen LogP contribution is 2.36. The smallest absolute Gasteiger partial charge is 0.242 e. The molecule has 42 heavy (non-hydrogen) atoms. The third-order valence-corrected chi connectivity index (χ3v) is 9.15. The number of H-pyrrole nitrogens is 1. The fraction of sp³-hybridized carbons (Fsp3) is 0.548. The van der Waals surface area contributed by atoms with Crippen molar-refractivity contribution in [3.63, 3.8) is 0 Å². The van der Waals surface area contributed by atoms with Crippen LogP contribution in [0.2, 0.25) is 0 Å². The highest BCUT2D eigenvalue weighted by molar-refractivity contribution is 5.90. The molecule has 3 aliphatic rings. The largest absolute Gasteiger partial charge is 0.354 e. The number of aryl methyl sites for hydroxylation is 3. The first-order valence-electron chi connectivity index (χ1n) is 15.3. The Morgan fingerprint density at radius 3 is 2.67 bits per heavy atom. The lowest BCUT2D eigenvalue weighted by atomic mass is 9.73. The minimum atomic E-state index is -0.790. The second-order valence-electron chi connectivity index (χ2n) is 12.0. The quantitative estimate of drug-likeness (QED) is 0.427. The van der Waals surface area contributed by atoms with Gasteiger partial charge in [0.2, 0.25) is 17.7 Å². The summed E-state index contributed by atoms with van der Waals surface area (Å²) in [5, 5.41) is 22.4. The van der Waals surface area contributed by atoms with Crippen LogP contribution in [0.5, 0.6) is 0 Å². The fourth-order valence-electron chi connectivity index (χ4n) is 6.63. The molecule has 0 saturated carbocycles. The fourth-order valence-corrected chi connectivity index (χ4v) is 6.63. The Hall–Kier alpha value is -4.02. The van der Waals surface area contributed by atoms with Crippen molar-refractivity contribution in [3.8, 4) is 0 Å². The second kappa shape index (κ2) is 12.5. The highest BCUT2D eigenvalue weighted by atomic mass is 16.2. The molecule has 11 nitrogen and oxygen atoms in total. The number of benzene rings is 1. The number of aromatic amines is 1. The lowest BCUT2D eigenvalue weighted by Crippen LogP contribution is -2.56. The zero-order valence-electron chi connectivity index (χ0n) is 24.1. The predicted octanol–water partition coefficient (Wildman–Crippen LogP) is 1.91. The van der Waals surface area contributed by atoms with Crippen LogP contribution < -0.4 is 10.6 Å². The first kappa shape index (κ1) is 28.1. The van der Waals surface area contributed by atoms with E-state index in [-0.39, 0.29) is 17.7 Å². The molecular weight excluding hydrogens is 532 g/mol. The standard InChI is InChI=1S/C31H40N8O3/c40-28(12-11-26-24-9-4-5-10-25(24)35-36-26)38-17-13-31(14-18-38)20-23-21-39(37-34-23)16-6-15-32-29(41)27(33-30(31)42)19-22-7-2-1-3-8-22/h1-3,7-8,21,27H,4-6,9-20H2,(H,32,41)(H,33,42)(H,35,36)/t27-/m0/s1. The molecule has 1 aromatic carbocycles. The van der Waals surface area contributed by atoms with Gasteiger partial charge in [-0.1, -0.05) is 35.5 Å². The summed E-state index contributed by atoms with van der Waals surface area (Å²) in [5.41, 5.74) is 4.50. The Kier molecular flexibility index (Phi) is 8.34. The Bertz CT molecular complexity index is 1410. The number of rotatable bonds is 5. The van der Waals surface area contributed by atoms with E-state index >= 15 is 0 Å². The zero-order chi connectivity index (χ0) is 28.9. The number of nitrogens with one attached hydrogen (secondary N) is 3. The summed E-state index contributed by atoms with van der Waals surface area (Å²) in [6.07, 6.45) is 9.89.